The minimum Gasteiger partial charge on any atom is -0.297 e. The van der Waals surface area contributed by atoms with Crippen LogP contribution in [0.4, 0.5) is 0 Å². The van der Waals surface area contributed by atoms with Gasteiger partial charge in [0.15, 0.2) is 11.7 Å². The lowest BCUT2D eigenvalue weighted by Crippen LogP contribution is -2.35. The van der Waals surface area contributed by atoms with Gasteiger partial charge in [0.05, 0.1) is 21.2 Å². The van der Waals surface area contributed by atoms with Gasteiger partial charge in [-0.2, -0.15) is 9.57 Å². The van der Waals surface area contributed by atoms with Crippen molar-refractivity contribution in [1.82, 2.24) is 9.29 Å². The summed E-state index contributed by atoms with van der Waals surface area (Å²) in [5.41, 5.74) is 1.46. The summed E-state index contributed by atoms with van der Waals surface area (Å²) in [6, 6.07) is 16.0. The van der Waals surface area contributed by atoms with Gasteiger partial charge in [-0.1, -0.05) is 30.7 Å². The van der Waals surface area contributed by atoms with Crippen molar-refractivity contribution >= 4 is 37.4 Å². The molecule has 0 bridgehead atoms. The topological polar surface area (TPSA) is 91.1 Å². The van der Waals surface area contributed by atoms with Crippen molar-refractivity contribution < 1.29 is 13.2 Å². The van der Waals surface area contributed by atoms with E-state index in [9.17, 15) is 18.5 Å². The van der Waals surface area contributed by atoms with Crippen LogP contribution in [0, 0.1) is 11.3 Å². The number of carbonyl (C=O) groups is 1. The predicted octanol–water partition coefficient (Wildman–Crippen LogP) is 3.89. The molecule has 4 rings (SSSR count). The largest absolute Gasteiger partial charge is 0.297 e. The Morgan fingerprint density at radius 1 is 1.10 bits per heavy atom. The van der Waals surface area contributed by atoms with Gasteiger partial charge in [-0.05, 0) is 42.7 Å². The van der Waals surface area contributed by atoms with Crippen LogP contribution < -0.4 is 0 Å². The summed E-state index contributed by atoms with van der Waals surface area (Å²) in [4.78, 5) is 17.4. The summed E-state index contributed by atoms with van der Waals surface area (Å²) in [5.74, 6) is -1.18. The van der Waals surface area contributed by atoms with Crippen LogP contribution in [0.15, 0.2) is 53.4 Å². The Hall–Kier alpha value is -2.60. The molecule has 30 heavy (non-hydrogen) atoms. The average Bonchev–Trinajstić information content (AvgIpc) is 3.19. The van der Waals surface area contributed by atoms with E-state index in [1.165, 1.54) is 15.6 Å². The summed E-state index contributed by atoms with van der Waals surface area (Å²) < 4.78 is 28.0. The first-order chi connectivity index (χ1) is 14.5. The summed E-state index contributed by atoms with van der Waals surface area (Å²) >= 11 is 1.35. The van der Waals surface area contributed by atoms with Crippen LogP contribution in [0.5, 0.6) is 0 Å². The van der Waals surface area contributed by atoms with Gasteiger partial charge in [0.1, 0.15) is 5.01 Å². The molecule has 8 heteroatoms. The Bertz CT molecular complexity index is 1170. The highest BCUT2D eigenvalue weighted by molar-refractivity contribution is 7.89. The summed E-state index contributed by atoms with van der Waals surface area (Å²) in [6.07, 6.45) is 2.88. The minimum atomic E-state index is -3.50. The van der Waals surface area contributed by atoms with Crippen LogP contribution in [0.25, 0.3) is 10.2 Å². The first kappa shape index (κ1) is 20.7. The average molecular weight is 440 g/mol. The van der Waals surface area contributed by atoms with Gasteiger partial charge in [-0.3, -0.25) is 4.79 Å². The van der Waals surface area contributed by atoms with Crippen LogP contribution in [0.2, 0.25) is 0 Å². The molecule has 1 saturated heterocycles. The highest BCUT2D eigenvalue weighted by Gasteiger charge is 2.27. The van der Waals surface area contributed by atoms with Crippen molar-refractivity contribution in [3.05, 3.63) is 59.1 Å². The van der Waals surface area contributed by atoms with E-state index in [4.69, 9.17) is 0 Å². The quantitative estimate of drug-likeness (QED) is 0.581. The number of carbonyl (C=O) groups excluding carboxylic acids is 1. The van der Waals surface area contributed by atoms with E-state index in [1.807, 2.05) is 24.3 Å². The van der Waals surface area contributed by atoms with Crippen LogP contribution in [-0.2, 0) is 21.2 Å². The molecule has 0 saturated carbocycles. The first-order valence-electron chi connectivity index (χ1n) is 9.86. The number of hydrogen-bond donors (Lipinski definition) is 0. The van der Waals surface area contributed by atoms with Crippen LogP contribution >= 0.6 is 11.3 Å². The Labute approximate surface area is 179 Å². The molecule has 0 aliphatic carbocycles. The Morgan fingerprint density at radius 2 is 1.80 bits per heavy atom. The van der Waals surface area contributed by atoms with Crippen molar-refractivity contribution in [2.75, 3.05) is 13.1 Å². The summed E-state index contributed by atoms with van der Waals surface area (Å²) in [6.45, 7) is 1.10. The number of Topliss-reactive ketones (excluding diaryl/α,β-unsaturated/α-hetero) is 1. The van der Waals surface area contributed by atoms with Crippen molar-refractivity contribution in [1.29, 1.82) is 5.26 Å². The van der Waals surface area contributed by atoms with E-state index in [-0.39, 0.29) is 17.1 Å². The molecule has 6 nitrogen and oxygen atoms in total. The monoisotopic (exact) mass is 439 g/mol. The third-order valence-corrected chi connectivity index (χ3v) is 8.28. The van der Waals surface area contributed by atoms with E-state index in [1.54, 1.807) is 24.3 Å². The third kappa shape index (κ3) is 4.15. The second-order valence-corrected chi connectivity index (χ2v) is 10.3. The molecule has 1 aliphatic rings. The fourth-order valence-electron chi connectivity index (χ4n) is 3.62. The first-order valence-corrected chi connectivity index (χ1v) is 12.1. The van der Waals surface area contributed by atoms with Crippen molar-refractivity contribution in [3.8, 4) is 6.07 Å². The van der Waals surface area contributed by atoms with Crippen LogP contribution in [0.3, 0.4) is 0 Å². The fourth-order valence-corrected chi connectivity index (χ4v) is 6.17. The SMILES string of the molecule is N#C[C@H](C(=O)Cc1ccc(S(=O)(=O)N2CCCCC2)cc1)c1nc2ccccc2s1. The lowest BCUT2D eigenvalue weighted by molar-refractivity contribution is -0.118. The molecule has 1 aliphatic heterocycles. The van der Waals surface area contributed by atoms with Gasteiger partial charge in [0.25, 0.3) is 0 Å². The number of piperidine rings is 1. The second-order valence-electron chi connectivity index (χ2n) is 7.33. The van der Waals surface area contributed by atoms with Crippen molar-refractivity contribution in [2.24, 2.45) is 0 Å². The Morgan fingerprint density at radius 3 is 2.47 bits per heavy atom. The second kappa shape index (κ2) is 8.64. The molecule has 0 N–H and O–H groups in total. The number of sulfonamides is 1. The maximum atomic E-state index is 12.8. The molecule has 1 fully saturated rings. The minimum absolute atomic E-state index is 0.0538. The molecule has 1 aromatic heterocycles. The standard InChI is InChI=1S/C22H21N3O3S2/c23-15-18(22-24-19-6-2-3-7-21(19)29-22)20(26)14-16-8-10-17(11-9-16)30(27,28)25-12-4-1-5-13-25/h2-3,6-11,18H,1,4-5,12-14H2/t18-/m1/s1. The number of ketones is 1. The zero-order valence-electron chi connectivity index (χ0n) is 16.3. The van der Waals surface area contributed by atoms with Gasteiger partial charge < -0.3 is 0 Å². The van der Waals surface area contributed by atoms with Crippen molar-refractivity contribution in [3.63, 3.8) is 0 Å². The number of thiazole rings is 1. The molecule has 0 spiro atoms. The fraction of sp³-hybridized carbons (Fsp3) is 0.318. The number of fused-ring (bicyclic) bond motifs is 1. The molecule has 2 heterocycles. The maximum Gasteiger partial charge on any atom is 0.243 e. The molecule has 0 unspecified atom stereocenters. The van der Waals surface area contributed by atoms with Gasteiger partial charge in [-0.25, -0.2) is 13.4 Å². The highest BCUT2D eigenvalue weighted by atomic mass is 32.2. The lowest BCUT2D eigenvalue weighted by Gasteiger charge is -2.25. The Balaban J connectivity index is 1.49. The smallest absolute Gasteiger partial charge is 0.243 e. The Kier molecular flexibility index (Phi) is 5.95. The molecule has 2 aromatic carbocycles. The molecule has 1 atom stereocenters. The van der Waals surface area contributed by atoms with E-state index >= 15 is 0 Å². The van der Waals surface area contributed by atoms with Crippen LogP contribution in [0.1, 0.15) is 35.8 Å². The number of benzene rings is 2. The number of rotatable bonds is 6. The third-order valence-electron chi connectivity index (χ3n) is 5.26. The van der Waals surface area contributed by atoms with E-state index < -0.39 is 15.9 Å². The van der Waals surface area contributed by atoms with E-state index in [0.29, 0.717) is 23.7 Å². The highest BCUT2D eigenvalue weighted by Crippen LogP contribution is 2.29. The van der Waals surface area contributed by atoms with Crippen molar-refractivity contribution in [2.45, 2.75) is 36.5 Å². The number of nitriles is 1. The summed E-state index contributed by atoms with van der Waals surface area (Å²) in [5, 5.41) is 10.1. The molecule has 0 amide bonds. The number of aromatic nitrogens is 1. The predicted molar refractivity (Wildman–Crippen MR) is 116 cm³/mol. The number of para-hydroxylation sites is 1. The van der Waals surface area contributed by atoms with Gasteiger partial charge in [0, 0.05) is 19.5 Å². The maximum absolute atomic E-state index is 12.8. The number of hydrogen-bond acceptors (Lipinski definition) is 6. The number of nitrogens with zero attached hydrogens (tertiary/aromatic N) is 3. The van der Waals surface area contributed by atoms with Gasteiger partial charge >= 0.3 is 0 Å². The summed E-state index contributed by atoms with van der Waals surface area (Å²) in [7, 11) is -3.50. The lowest BCUT2D eigenvalue weighted by atomic mass is 9.99. The zero-order valence-corrected chi connectivity index (χ0v) is 18.0. The van der Waals surface area contributed by atoms with Gasteiger partial charge in [-0.15, -0.1) is 11.3 Å². The zero-order chi connectivity index (χ0) is 21.1. The van der Waals surface area contributed by atoms with E-state index in [2.05, 4.69) is 11.1 Å². The molecular formula is C22H21N3O3S2. The van der Waals surface area contributed by atoms with E-state index in [0.717, 1.165) is 29.5 Å². The molecular weight excluding hydrogens is 418 g/mol. The normalized spacial score (nSPS) is 16.2. The molecule has 3 aromatic rings. The van der Waals surface area contributed by atoms with Crippen LogP contribution in [-0.4, -0.2) is 36.6 Å². The van der Waals surface area contributed by atoms with Gasteiger partial charge in [0.2, 0.25) is 10.0 Å². The molecule has 154 valence electrons. The molecule has 0 radical (unpaired) electrons.